The van der Waals surface area contributed by atoms with E-state index in [4.69, 9.17) is 4.74 Å². The van der Waals surface area contributed by atoms with Crippen molar-refractivity contribution in [3.05, 3.63) is 65.7 Å². The number of benzene rings is 2. The number of nitrogens with zero attached hydrogens (tertiary/aromatic N) is 1. The summed E-state index contributed by atoms with van der Waals surface area (Å²) in [5.41, 5.74) is 1.97. The number of ether oxygens (including phenoxy) is 1. The van der Waals surface area contributed by atoms with E-state index < -0.39 is 5.60 Å². The second-order valence-electron chi connectivity index (χ2n) is 8.29. The van der Waals surface area contributed by atoms with Crippen LogP contribution in [0, 0.1) is 11.8 Å². The van der Waals surface area contributed by atoms with Gasteiger partial charge < -0.3 is 9.84 Å². The second kappa shape index (κ2) is 8.04. The lowest BCUT2D eigenvalue weighted by atomic mass is 9.69. The topological polar surface area (TPSA) is 32.7 Å². The Kier molecular flexibility index (Phi) is 5.51. The molecule has 3 nitrogen and oxygen atoms in total. The number of aliphatic hydroxyl groups is 1. The molecule has 0 aromatic heterocycles. The largest absolute Gasteiger partial charge is 0.489 e. The Bertz CT molecular complexity index is 747. The zero-order valence-electron chi connectivity index (χ0n) is 16.3. The average molecular weight is 366 g/mol. The number of hydrogen-bond donors (Lipinski definition) is 1. The van der Waals surface area contributed by atoms with E-state index >= 15 is 0 Å². The predicted molar refractivity (Wildman–Crippen MR) is 109 cm³/mol. The molecule has 1 saturated carbocycles. The van der Waals surface area contributed by atoms with Crippen molar-refractivity contribution < 1.29 is 9.84 Å². The van der Waals surface area contributed by atoms with Crippen LogP contribution in [0.2, 0.25) is 0 Å². The summed E-state index contributed by atoms with van der Waals surface area (Å²) in [5.74, 6) is 2.04. The Morgan fingerprint density at radius 3 is 2.67 bits per heavy atom. The fourth-order valence-electron chi connectivity index (χ4n) is 5.04. The Morgan fingerprint density at radius 1 is 1.07 bits per heavy atom. The molecule has 1 saturated heterocycles. The molecule has 2 aliphatic rings. The molecule has 4 rings (SSSR count). The first kappa shape index (κ1) is 18.5. The number of hydrogen-bond acceptors (Lipinski definition) is 3. The van der Waals surface area contributed by atoms with Gasteiger partial charge in [0.1, 0.15) is 12.4 Å². The molecule has 144 valence electrons. The van der Waals surface area contributed by atoms with Gasteiger partial charge in [-0.15, -0.1) is 0 Å². The first-order valence-corrected chi connectivity index (χ1v) is 10.4. The summed E-state index contributed by atoms with van der Waals surface area (Å²) in [5, 5.41) is 11.0. The van der Waals surface area contributed by atoms with Gasteiger partial charge in [0, 0.05) is 31.1 Å². The van der Waals surface area contributed by atoms with Crippen LogP contribution in [0.3, 0.4) is 0 Å². The fourth-order valence-corrected chi connectivity index (χ4v) is 5.04. The maximum Gasteiger partial charge on any atom is 0.124 e. The lowest BCUT2D eigenvalue weighted by Crippen LogP contribution is -2.44. The van der Waals surface area contributed by atoms with E-state index in [0.717, 1.165) is 44.6 Å². The van der Waals surface area contributed by atoms with Crippen molar-refractivity contribution in [1.82, 2.24) is 4.90 Å². The van der Waals surface area contributed by atoms with Gasteiger partial charge in [-0.2, -0.15) is 0 Å². The molecule has 0 amide bonds. The summed E-state index contributed by atoms with van der Waals surface area (Å²) in [4.78, 5) is 2.52. The normalized spacial score (nSPS) is 28.1. The van der Waals surface area contributed by atoms with E-state index in [9.17, 15) is 5.11 Å². The molecule has 0 radical (unpaired) electrons. The lowest BCUT2D eigenvalue weighted by molar-refractivity contribution is -0.0613. The van der Waals surface area contributed by atoms with Gasteiger partial charge in [0.05, 0.1) is 5.60 Å². The van der Waals surface area contributed by atoms with Crippen LogP contribution in [-0.2, 0) is 13.2 Å². The van der Waals surface area contributed by atoms with Gasteiger partial charge in [-0.05, 0) is 36.8 Å². The zero-order chi connectivity index (χ0) is 18.7. The molecular weight excluding hydrogens is 334 g/mol. The fraction of sp³-hybridized carbons (Fsp3) is 0.500. The highest BCUT2D eigenvalue weighted by Gasteiger charge is 2.47. The average Bonchev–Trinajstić information content (AvgIpc) is 3.12. The van der Waals surface area contributed by atoms with Crippen molar-refractivity contribution >= 4 is 0 Å². The van der Waals surface area contributed by atoms with Crippen molar-refractivity contribution in [2.24, 2.45) is 11.8 Å². The smallest absolute Gasteiger partial charge is 0.124 e. The van der Waals surface area contributed by atoms with Crippen molar-refractivity contribution in [1.29, 1.82) is 0 Å². The summed E-state index contributed by atoms with van der Waals surface area (Å²) >= 11 is 0. The first-order chi connectivity index (χ1) is 13.2. The Morgan fingerprint density at radius 2 is 1.85 bits per heavy atom. The first-order valence-electron chi connectivity index (χ1n) is 10.4. The second-order valence-corrected chi connectivity index (χ2v) is 8.29. The van der Waals surface area contributed by atoms with Crippen LogP contribution in [0.1, 0.15) is 43.7 Å². The molecular formula is C24H31NO2. The minimum absolute atomic E-state index is 0.425. The van der Waals surface area contributed by atoms with Crippen molar-refractivity contribution in [2.45, 2.75) is 51.4 Å². The van der Waals surface area contributed by atoms with E-state index in [2.05, 4.69) is 42.2 Å². The highest BCUT2D eigenvalue weighted by atomic mass is 16.5. The van der Waals surface area contributed by atoms with Crippen LogP contribution >= 0.6 is 0 Å². The van der Waals surface area contributed by atoms with Gasteiger partial charge in [-0.3, -0.25) is 4.90 Å². The standard InChI is InChI=1S/C24H31NO2/c1-2-24(26)14-8-12-20-15-25(17-22(20)24)16-21-11-6-7-13-23(21)27-18-19-9-4-3-5-10-19/h3-7,9-11,13,20,22,26H,2,8,12,14-18H2,1H3/t20-,22+,24-/m0/s1. The molecule has 1 aliphatic heterocycles. The molecule has 0 spiro atoms. The molecule has 2 aromatic carbocycles. The summed E-state index contributed by atoms with van der Waals surface area (Å²) in [7, 11) is 0. The van der Waals surface area contributed by atoms with Crippen LogP contribution in [0.4, 0.5) is 0 Å². The van der Waals surface area contributed by atoms with Gasteiger partial charge in [-0.25, -0.2) is 0 Å². The van der Waals surface area contributed by atoms with Gasteiger partial charge in [0.15, 0.2) is 0 Å². The molecule has 1 N–H and O–H groups in total. The maximum atomic E-state index is 11.0. The molecule has 2 aromatic rings. The third kappa shape index (κ3) is 4.04. The molecule has 3 heteroatoms. The monoisotopic (exact) mass is 365 g/mol. The van der Waals surface area contributed by atoms with Crippen LogP contribution < -0.4 is 4.74 Å². The van der Waals surface area contributed by atoms with Gasteiger partial charge in [-0.1, -0.05) is 61.9 Å². The Hall–Kier alpha value is -1.84. The third-order valence-electron chi connectivity index (χ3n) is 6.61. The highest BCUT2D eigenvalue weighted by Crippen LogP contribution is 2.44. The van der Waals surface area contributed by atoms with E-state index in [0.29, 0.717) is 18.4 Å². The van der Waals surface area contributed by atoms with Gasteiger partial charge in [0.2, 0.25) is 0 Å². The number of rotatable bonds is 6. The van der Waals surface area contributed by atoms with Crippen molar-refractivity contribution in [2.75, 3.05) is 13.1 Å². The molecule has 0 bridgehead atoms. The molecule has 0 unspecified atom stereocenters. The number of likely N-dealkylation sites (tertiary alicyclic amines) is 1. The highest BCUT2D eigenvalue weighted by molar-refractivity contribution is 5.33. The summed E-state index contributed by atoms with van der Waals surface area (Å²) in [6.45, 7) is 5.73. The zero-order valence-corrected chi connectivity index (χ0v) is 16.3. The van der Waals surface area contributed by atoms with E-state index in [1.807, 2.05) is 24.3 Å². The minimum Gasteiger partial charge on any atom is -0.489 e. The van der Waals surface area contributed by atoms with Crippen molar-refractivity contribution in [3.8, 4) is 5.75 Å². The van der Waals surface area contributed by atoms with Gasteiger partial charge >= 0.3 is 0 Å². The quantitative estimate of drug-likeness (QED) is 0.809. The van der Waals surface area contributed by atoms with E-state index in [1.54, 1.807) is 0 Å². The summed E-state index contributed by atoms with van der Waals surface area (Å²) in [6.07, 6.45) is 4.26. The third-order valence-corrected chi connectivity index (χ3v) is 6.61. The molecule has 3 atom stereocenters. The predicted octanol–water partition coefficient (Wildman–Crippen LogP) is 4.64. The molecule has 1 heterocycles. The minimum atomic E-state index is -0.457. The Labute approximate surface area is 163 Å². The molecule has 27 heavy (non-hydrogen) atoms. The van der Waals surface area contributed by atoms with Crippen LogP contribution in [0.15, 0.2) is 54.6 Å². The van der Waals surface area contributed by atoms with Crippen LogP contribution in [0.5, 0.6) is 5.75 Å². The van der Waals surface area contributed by atoms with Crippen molar-refractivity contribution in [3.63, 3.8) is 0 Å². The van der Waals surface area contributed by atoms with Gasteiger partial charge in [0.25, 0.3) is 0 Å². The summed E-state index contributed by atoms with van der Waals surface area (Å²) < 4.78 is 6.14. The molecule has 2 fully saturated rings. The number of para-hydroxylation sites is 1. The van der Waals surface area contributed by atoms with E-state index in [-0.39, 0.29) is 0 Å². The lowest BCUT2D eigenvalue weighted by Gasteiger charge is -2.40. The maximum absolute atomic E-state index is 11.0. The molecule has 1 aliphatic carbocycles. The summed E-state index contributed by atoms with van der Waals surface area (Å²) in [6, 6.07) is 18.7. The van der Waals surface area contributed by atoms with Crippen LogP contribution in [0.25, 0.3) is 0 Å². The van der Waals surface area contributed by atoms with Crippen LogP contribution in [-0.4, -0.2) is 28.7 Å². The SMILES string of the molecule is CC[C@]1(O)CCC[C@H]2CN(Cc3ccccc3OCc3ccccc3)C[C@H]21. The van der Waals surface area contributed by atoms with E-state index in [1.165, 1.54) is 17.5 Å². The number of fused-ring (bicyclic) bond motifs is 1. The Balaban J connectivity index is 1.43.